The Balaban J connectivity index is 1.36. The molecule has 2 aromatic carbocycles. The van der Waals surface area contributed by atoms with Crippen molar-refractivity contribution in [3.8, 4) is 17.1 Å². The standard InChI is InChI=1S/C24H19N5O4/c1-13-26-27-22(29(13)17-3-6-20-14(11-17)8-9-33-20)15-2-4-18-16(10-15)12-28(24(18)32)19-5-7-21(30)25-23(19)31/h2-4,6,8-11,19H,5,7,12H2,1H3,(H,25,30,31). The second-order valence-electron chi connectivity index (χ2n) is 8.32. The Morgan fingerprint density at radius 3 is 2.79 bits per heavy atom. The van der Waals surface area contributed by atoms with Crippen molar-refractivity contribution in [3.63, 3.8) is 0 Å². The lowest BCUT2D eigenvalue weighted by Crippen LogP contribution is -2.52. The van der Waals surface area contributed by atoms with Crippen LogP contribution >= 0.6 is 0 Å². The molecule has 0 aliphatic carbocycles. The molecule has 4 aromatic rings. The van der Waals surface area contributed by atoms with Gasteiger partial charge in [-0.05, 0) is 55.3 Å². The molecule has 1 fully saturated rings. The Morgan fingerprint density at radius 1 is 1.06 bits per heavy atom. The fourth-order valence-electron chi connectivity index (χ4n) is 4.67. The summed E-state index contributed by atoms with van der Waals surface area (Å²) in [6, 6.07) is 12.7. The van der Waals surface area contributed by atoms with E-state index in [1.807, 2.05) is 47.9 Å². The maximum atomic E-state index is 13.0. The van der Waals surface area contributed by atoms with Crippen LogP contribution in [0, 0.1) is 6.92 Å². The van der Waals surface area contributed by atoms with Crippen molar-refractivity contribution in [1.82, 2.24) is 25.0 Å². The summed E-state index contributed by atoms with van der Waals surface area (Å²) in [7, 11) is 0. The number of nitrogens with zero attached hydrogens (tertiary/aromatic N) is 4. The zero-order chi connectivity index (χ0) is 22.7. The fourth-order valence-corrected chi connectivity index (χ4v) is 4.67. The van der Waals surface area contributed by atoms with Crippen LogP contribution in [-0.4, -0.2) is 43.4 Å². The highest BCUT2D eigenvalue weighted by atomic mass is 16.3. The van der Waals surface area contributed by atoms with Crippen molar-refractivity contribution in [2.24, 2.45) is 0 Å². The van der Waals surface area contributed by atoms with Gasteiger partial charge in [0.2, 0.25) is 11.8 Å². The van der Waals surface area contributed by atoms with Gasteiger partial charge in [-0.1, -0.05) is 6.07 Å². The number of aromatic nitrogens is 3. The van der Waals surface area contributed by atoms with Gasteiger partial charge < -0.3 is 9.32 Å². The molecule has 0 radical (unpaired) electrons. The Kier molecular flexibility index (Phi) is 4.19. The molecular formula is C24H19N5O4. The number of furan rings is 1. The van der Waals surface area contributed by atoms with Gasteiger partial charge in [0.05, 0.1) is 6.26 Å². The average Bonchev–Trinajstić information content (AvgIpc) is 3.50. The van der Waals surface area contributed by atoms with Crippen molar-refractivity contribution in [2.45, 2.75) is 32.4 Å². The highest BCUT2D eigenvalue weighted by Gasteiger charge is 2.39. The molecule has 0 saturated carbocycles. The van der Waals surface area contributed by atoms with Crippen molar-refractivity contribution in [3.05, 3.63) is 65.7 Å². The van der Waals surface area contributed by atoms with E-state index < -0.39 is 11.9 Å². The van der Waals surface area contributed by atoms with Crippen LogP contribution in [0.1, 0.15) is 34.6 Å². The monoisotopic (exact) mass is 441 g/mol. The summed E-state index contributed by atoms with van der Waals surface area (Å²) in [6.07, 6.45) is 2.21. The Bertz CT molecular complexity index is 1470. The molecule has 1 N–H and O–H groups in total. The van der Waals surface area contributed by atoms with E-state index in [0.717, 1.165) is 33.6 Å². The summed E-state index contributed by atoms with van der Waals surface area (Å²) in [4.78, 5) is 38.3. The minimum atomic E-state index is -0.640. The number of nitrogens with one attached hydrogen (secondary N) is 1. The summed E-state index contributed by atoms with van der Waals surface area (Å²) >= 11 is 0. The molecule has 0 spiro atoms. The van der Waals surface area contributed by atoms with Crippen LogP contribution in [-0.2, 0) is 16.1 Å². The van der Waals surface area contributed by atoms with E-state index >= 15 is 0 Å². The number of carbonyl (C=O) groups excluding carboxylic acids is 3. The third-order valence-electron chi connectivity index (χ3n) is 6.30. The molecule has 4 heterocycles. The third kappa shape index (κ3) is 3.04. The minimum Gasteiger partial charge on any atom is -0.464 e. The lowest BCUT2D eigenvalue weighted by Gasteiger charge is -2.29. The van der Waals surface area contributed by atoms with E-state index in [9.17, 15) is 14.4 Å². The van der Waals surface area contributed by atoms with Crippen LogP contribution < -0.4 is 5.32 Å². The number of carbonyl (C=O) groups is 3. The van der Waals surface area contributed by atoms with E-state index in [1.54, 1.807) is 17.2 Å². The van der Waals surface area contributed by atoms with E-state index in [-0.39, 0.29) is 18.2 Å². The van der Waals surface area contributed by atoms with Gasteiger partial charge in [-0.25, -0.2) is 0 Å². The topological polar surface area (TPSA) is 110 Å². The number of piperidine rings is 1. The Hall–Kier alpha value is -4.27. The quantitative estimate of drug-likeness (QED) is 0.490. The molecule has 3 amide bonds. The van der Waals surface area contributed by atoms with Gasteiger partial charge in [-0.15, -0.1) is 10.2 Å². The van der Waals surface area contributed by atoms with Crippen molar-refractivity contribution in [1.29, 1.82) is 0 Å². The predicted molar refractivity (Wildman–Crippen MR) is 117 cm³/mol. The van der Waals surface area contributed by atoms with Crippen LogP contribution in [0.3, 0.4) is 0 Å². The van der Waals surface area contributed by atoms with E-state index in [4.69, 9.17) is 4.42 Å². The zero-order valence-electron chi connectivity index (χ0n) is 17.7. The largest absolute Gasteiger partial charge is 0.464 e. The van der Waals surface area contributed by atoms with Crippen LogP contribution in [0.5, 0.6) is 0 Å². The van der Waals surface area contributed by atoms with Gasteiger partial charge in [0.15, 0.2) is 5.82 Å². The summed E-state index contributed by atoms with van der Waals surface area (Å²) in [5.41, 5.74) is 3.91. The van der Waals surface area contributed by atoms with E-state index in [2.05, 4.69) is 15.5 Å². The van der Waals surface area contributed by atoms with Crippen molar-refractivity contribution < 1.29 is 18.8 Å². The molecule has 0 bridgehead atoms. The molecular weight excluding hydrogens is 422 g/mol. The first kappa shape index (κ1) is 19.4. The van der Waals surface area contributed by atoms with Crippen molar-refractivity contribution in [2.75, 3.05) is 0 Å². The maximum absolute atomic E-state index is 13.0. The van der Waals surface area contributed by atoms with Gasteiger partial charge in [-0.3, -0.25) is 24.3 Å². The smallest absolute Gasteiger partial charge is 0.255 e. The second-order valence-corrected chi connectivity index (χ2v) is 8.32. The van der Waals surface area contributed by atoms with Gasteiger partial charge in [0.1, 0.15) is 17.4 Å². The lowest BCUT2D eigenvalue weighted by atomic mass is 10.0. The van der Waals surface area contributed by atoms with Crippen molar-refractivity contribution >= 4 is 28.7 Å². The number of fused-ring (bicyclic) bond motifs is 2. The zero-order valence-corrected chi connectivity index (χ0v) is 17.7. The molecule has 2 aliphatic rings. The molecule has 1 atom stereocenters. The van der Waals surface area contributed by atoms with Crippen LogP contribution in [0.2, 0.25) is 0 Å². The molecule has 6 rings (SSSR count). The molecule has 1 saturated heterocycles. The SMILES string of the molecule is Cc1nnc(-c2ccc3c(c2)CN(C2CCC(=O)NC2=O)C3=O)n1-c1ccc2occc2c1. The summed E-state index contributed by atoms with van der Waals surface area (Å²) in [6.45, 7) is 2.19. The second kappa shape index (κ2) is 7.13. The maximum Gasteiger partial charge on any atom is 0.255 e. The number of benzene rings is 2. The van der Waals surface area contributed by atoms with Gasteiger partial charge in [0, 0.05) is 35.2 Å². The van der Waals surface area contributed by atoms with Crippen LogP contribution in [0.4, 0.5) is 0 Å². The number of rotatable bonds is 3. The average molecular weight is 441 g/mol. The normalized spacial score (nSPS) is 18.2. The summed E-state index contributed by atoms with van der Waals surface area (Å²) in [5.74, 6) is 0.470. The highest BCUT2D eigenvalue weighted by molar-refractivity contribution is 6.05. The third-order valence-corrected chi connectivity index (χ3v) is 6.30. The predicted octanol–water partition coefficient (Wildman–Crippen LogP) is 2.75. The molecule has 9 nitrogen and oxygen atoms in total. The molecule has 9 heteroatoms. The Morgan fingerprint density at radius 2 is 1.94 bits per heavy atom. The van der Waals surface area contributed by atoms with Crippen LogP contribution in [0.25, 0.3) is 28.0 Å². The van der Waals surface area contributed by atoms with Crippen LogP contribution in [0.15, 0.2) is 53.1 Å². The molecule has 164 valence electrons. The molecule has 33 heavy (non-hydrogen) atoms. The number of hydrogen-bond acceptors (Lipinski definition) is 6. The number of amides is 3. The molecule has 2 aliphatic heterocycles. The van der Waals surface area contributed by atoms with E-state index in [1.165, 1.54) is 0 Å². The Labute approximate surface area is 188 Å². The molecule has 1 unspecified atom stereocenters. The first-order chi connectivity index (χ1) is 16.0. The summed E-state index contributed by atoms with van der Waals surface area (Å²) in [5, 5.41) is 12.0. The minimum absolute atomic E-state index is 0.200. The number of hydrogen-bond donors (Lipinski definition) is 1. The fraction of sp³-hybridized carbons (Fsp3) is 0.208. The number of imide groups is 1. The first-order valence-electron chi connectivity index (χ1n) is 10.7. The van der Waals surface area contributed by atoms with Gasteiger partial charge >= 0.3 is 0 Å². The van der Waals surface area contributed by atoms with Gasteiger partial charge in [-0.2, -0.15) is 0 Å². The highest BCUT2D eigenvalue weighted by Crippen LogP contribution is 2.32. The van der Waals surface area contributed by atoms with E-state index in [0.29, 0.717) is 24.4 Å². The molecule has 2 aromatic heterocycles. The summed E-state index contributed by atoms with van der Waals surface area (Å²) < 4.78 is 7.41. The van der Waals surface area contributed by atoms with Gasteiger partial charge in [0.25, 0.3) is 5.91 Å². The first-order valence-corrected chi connectivity index (χ1v) is 10.7. The lowest BCUT2D eigenvalue weighted by molar-refractivity contribution is -0.136. The number of aryl methyl sites for hydroxylation is 1.